The molecule has 5 heteroatoms. The molecular formula is C30H29N3OS. The van der Waals surface area contributed by atoms with Crippen molar-refractivity contribution in [2.75, 3.05) is 6.54 Å². The monoisotopic (exact) mass is 479 g/mol. The lowest BCUT2D eigenvalue weighted by Crippen LogP contribution is -2.42. The highest BCUT2D eigenvalue weighted by molar-refractivity contribution is 7.22. The van der Waals surface area contributed by atoms with E-state index in [0.29, 0.717) is 18.9 Å². The lowest BCUT2D eigenvalue weighted by molar-refractivity contribution is -0.134. The summed E-state index contributed by atoms with van der Waals surface area (Å²) in [6.45, 7) is 3.06. The number of aromatic nitrogens is 2. The summed E-state index contributed by atoms with van der Waals surface area (Å²) in [7, 11) is 0. The van der Waals surface area contributed by atoms with E-state index in [-0.39, 0.29) is 5.91 Å². The topological polar surface area (TPSA) is 37.6 Å². The van der Waals surface area contributed by atoms with E-state index in [0.717, 1.165) is 42.0 Å². The van der Waals surface area contributed by atoms with Gasteiger partial charge in [0.1, 0.15) is 5.65 Å². The number of aryl methyl sites for hydroxylation is 1. The molecule has 1 amide bonds. The predicted molar refractivity (Wildman–Crippen MR) is 145 cm³/mol. The van der Waals surface area contributed by atoms with Gasteiger partial charge in [-0.2, -0.15) is 0 Å². The highest BCUT2D eigenvalue weighted by Gasteiger charge is 2.24. The van der Waals surface area contributed by atoms with Gasteiger partial charge < -0.3 is 9.30 Å². The molecule has 5 aromatic rings. The highest BCUT2D eigenvalue weighted by atomic mass is 32.1. The van der Waals surface area contributed by atoms with Crippen LogP contribution in [-0.2, 0) is 11.2 Å². The summed E-state index contributed by atoms with van der Waals surface area (Å²) in [5, 5.41) is 1.27. The van der Waals surface area contributed by atoms with Crippen LogP contribution in [0.5, 0.6) is 0 Å². The van der Waals surface area contributed by atoms with Crippen molar-refractivity contribution in [2.24, 2.45) is 0 Å². The molecule has 0 bridgehead atoms. The Morgan fingerprint density at radius 3 is 2.66 bits per heavy atom. The Hall–Kier alpha value is -3.44. The number of rotatable bonds is 5. The summed E-state index contributed by atoms with van der Waals surface area (Å²) < 4.78 is 3.49. The first kappa shape index (κ1) is 22.1. The van der Waals surface area contributed by atoms with Gasteiger partial charge in [0, 0.05) is 45.9 Å². The van der Waals surface area contributed by atoms with Crippen LogP contribution in [-0.4, -0.2) is 32.8 Å². The van der Waals surface area contributed by atoms with E-state index in [9.17, 15) is 4.79 Å². The fourth-order valence-corrected chi connectivity index (χ4v) is 6.32. The zero-order valence-electron chi connectivity index (χ0n) is 20.0. The molecule has 3 aromatic heterocycles. The van der Waals surface area contributed by atoms with Crippen molar-refractivity contribution in [1.82, 2.24) is 14.3 Å². The number of imidazole rings is 1. The first-order valence-electron chi connectivity index (χ1n) is 12.5. The number of carbonyl (C=O) groups is 1. The first-order chi connectivity index (χ1) is 17.2. The third kappa shape index (κ3) is 4.25. The molecule has 1 fully saturated rings. The molecule has 1 atom stereocenters. The van der Waals surface area contributed by atoms with Crippen LogP contribution in [0, 0.1) is 0 Å². The zero-order chi connectivity index (χ0) is 23.8. The molecule has 0 aliphatic carbocycles. The molecule has 0 spiro atoms. The van der Waals surface area contributed by atoms with Gasteiger partial charge in [-0.25, -0.2) is 4.98 Å². The van der Waals surface area contributed by atoms with E-state index in [1.54, 1.807) is 0 Å². The Balaban J connectivity index is 1.39. The SMILES string of the molecule is CC1CCCCN1C(=O)CCc1c(-c2ccccc2)nc2ccc(-c3cc4ccccc4s3)cn12. The molecule has 4 nitrogen and oxygen atoms in total. The van der Waals surface area contributed by atoms with Gasteiger partial charge in [-0.3, -0.25) is 4.79 Å². The van der Waals surface area contributed by atoms with Crippen LogP contribution in [0.15, 0.2) is 79.0 Å². The van der Waals surface area contributed by atoms with Gasteiger partial charge in [-0.1, -0.05) is 48.5 Å². The minimum Gasteiger partial charge on any atom is -0.340 e. The van der Waals surface area contributed by atoms with Crippen molar-refractivity contribution in [2.45, 2.75) is 45.1 Å². The Bertz CT molecular complexity index is 1470. The molecular weight excluding hydrogens is 450 g/mol. The number of likely N-dealkylation sites (tertiary alicyclic amines) is 1. The second-order valence-corrected chi connectivity index (χ2v) is 10.6. The average molecular weight is 480 g/mol. The second kappa shape index (κ2) is 9.31. The predicted octanol–water partition coefficient (Wildman–Crippen LogP) is 7.22. The molecule has 1 saturated heterocycles. The maximum absolute atomic E-state index is 13.2. The maximum atomic E-state index is 13.2. The van der Waals surface area contributed by atoms with E-state index >= 15 is 0 Å². The minimum absolute atomic E-state index is 0.256. The van der Waals surface area contributed by atoms with Crippen LogP contribution in [0.3, 0.4) is 0 Å². The van der Waals surface area contributed by atoms with Gasteiger partial charge in [-0.05, 0) is 62.3 Å². The number of nitrogens with zero attached hydrogens (tertiary/aromatic N) is 3. The molecule has 176 valence electrons. The molecule has 0 radical (unpaired) electrons. The average Bonchev–Trinajstić information content (AvgIpc) is 3.49. The quantitative estimate of drug-likeness (QED) is 0.267. The summed E-state index contributed by atoms with van der Waals surface area (Å²) in [6.07, 6.45) is 6.81. The molecule has 4 heterocycles. The summed E-state index contributed by atoms with van der Waals surface area (Å²) >= 11 is 1.81. The lowest BCUT2D eigenvalue weighted by Gasteiger charge is -2.33. The van der Waals surface area contributed by atoms with Crippen molar-refractivity contribution >= 4 is 33.0 Å². The standard InChI is InChI=1S/C30H29N3OS/c1-21-9-7-8-18-32(21)29(34)17-15-25-30(22-10-3-2-4-11-22)31-28-16-14-24(20-33(25)28)27-19-23-12-5-6-13-26(23)35-27/h2-6,10-14,16,19-21H,7-9,15,17-18H2,1H3. The van der Waals surface area contributed by atoms with Gasteiger partial charge in [0.15, 0.2) is 0 Å². The van der Waals surface area contributed by atoms with Crippen molar-refractivity contribution < 1.29 is 4.79 Å². The van der Waals surface area contributed by atoms with E-state index < -0.39 is 0 Å². The largest absolute Gasteiger partial charge is 0.340 e. The van der Waals surface area contributed by atoms with E-state index in [1.165, 1.54) is 26.9 Å². The van der Waals surface area contributed by atoms with Crippen molar-refractivity contribution in [3.8, 4) is 21.7 Å². The summed E-state index contributed by atoms with van der Waals surface area (Å²) in [5.74, 6) is 0.256. The first-order valence-corrected chi connectivity index (χ1v) is 13.3. The van der Waals surface area contributed by atoms with Crippen LogP contribution in [0.4, 0.5) is 0 Å². The van der Waals surface area contributed by atoms with Gasteiger partial charge in [0.25, 0.3) is 0 Å². The Morgan fingerprint density at radius 1 is 1.00 bits per heavy atom. The number of carbonyl (C=O) groups excluding carboxylic acids is 1. The van der Waals surface area contributed by atoms with Crippen LogP contribution in [0.1, 0.15) is 38.3 Å². The number of thiophene rings is 1. The van der Waals surface area contributed by atoms with E-state index in [4.69, 9.17) is 4.98 Å². The van der Waals surface area contributed by atoms with Crippen molar-refractivity contribution in [3.63, 3.8) is 0 Å². The number of hydrogen-bond acceptors (Lipinski definition) is 3. The zero-order valence-corrected chi connectivity index (χ0v) is 20.8. The van der Waals surface area contributed by atoms with E-state index in [1.807, 2.05) is 29.5 Å². The third-order valence-corrected chi connectivity index (χ3v) is 8.34. The lowest BCUT2D eigenvalue weighted by atomic mass is 10.0. The maximum Gasteiger partial charge on any atom is 0.223 e. The molecule has 1 aliphatic heterocycles. The van der Waals surface area contributed by atoms with Crippen LogP contribution in [0.25, 0.3) is 37.4 Å². The van der Waals surface area contributed by atoms with Gasteiger partial charge in [0.2, 0.25) is 5.91 Å². The summed E-state index contributed by atoms with van der Waals surface area (Å²) in [4.78, 5) is 21.5. The minimum atomic E-state index is 0.256. The van der Waals surface area contributed by atoms with Crippen LogP contribution < -0.4 is 0 Å². The Morgan fingerprint density at radius 2 is 1.83 bits per heavy atom. The molecule has 0 N–H and O–H groups in total. The molecule has 1 unspecified atom stereocenters. The smallest absolute Gasteiger partial charge is 0.223 e. The molecule has 0 saturated carbocycles. The fraction of sp³-hybridized carbons (Fsp3) is 0.267. The summed E-state index contributed by atoms with van der Waals surface area (Å²) in [6, 6.07) is 25.7. The van der Waals surface area contributed by atoms with Crippen molar-refractivity contribution in [1.29, 1.82) is 0 Å². The third-order valence-electron chi connectivity index (χ3n) is 7.17. The Kier molecular flexibility index (Phi) is 5.86. The van der Waals surface area contributed by atoms with Crippen LogP contribution in [0.2, 0.25) is 0 Å². The molecule has 2 aromatic carbocycles. The number of benzene rings is 2. The molecule has 6 rings (SSSR count). The second-order valence-electron chi connectivity index (χ2n) is 9.50. The van der Waals surface area contributed by atoms with Crippen molar-refractivity contribution in [3.05, 3.63) is 84.7 Å². The van der Waals surface area contributed by atoms with Gasteiger partial charge in [0.05, 0.1) is 11.4 Å². The normalized spacial score (nSPS) is 16.3. The Labute approximate surface area is 209 Å². The van der Waals surface area contributed by atoms with Gasteiger partial charge in [-0.15, -0.1) is 11.3 Å². The number of piperidine rings is 1. The number of pyridine rings is 1. The fourth-order valence-electron chi connectivity index (χ4n) is 5.27. The number of amides is 1. The number of hydrogen-bond donors (Lipinski definition) is 0. The molecule has 35 heavy (non-hydrogen) atoms. The van der Waals surface area contributed by atoms with E-state index in [2.05, 4.69) is 77.0 Å². The number of fused-ring (bicyclic) bond motifs is 2. The summed E-state index contributed by atoms with van der Waals surface area (Å²) in [5.41, 5.74) is 5.26. The molecule has 1 aliphatic rings. The van der Waals surface area contributed by atoms with Crippen LogP contribution >= 0.6 is 11.3 Å². The highest BCUT2D eigenvalue weighted by Crippen LogP contribution is 2.35. The van der Waals surface area contributed by atoms with Gasteiger partial charge >= 0.3 is 0 Å².